The van der Waals surface area contributed by atoms with Gasteiger partial charge in [0.2, 0.25) is 5.91 Å². The summed E-state index contributed by atoms with van der Waals surface area (Å²) in [6.45, 7) is 1.72. The van der Waals surface area contributed by atoms with Crippen molar-refractivity contribution in [1.82, 2.24) is 9.80 Å². The first-order valence-corrected chi connectivity index (χ1v) is 10.6. The molecule has 2 unspecified atom stereocenters. The van der Waals surface area contributed by atoms with Gasteiger partial charge in [-0.25, -0.2) is 4.39 Å². The van der Waals surface area contributed by atoms with Crippen LogP contribution in [0.1, 0.15) is 54.9 Å². The van der Waals surface area contributed by atoms with Crippen molar-refractivity contribution in [2.45, 2.75) is 75.5 Å². The molecule has 1 aromatic rings. The average molecular weight is 454 g/mol. The lowest BCUT2D eigenvalue weighted by molar-refractivity contribution is -0.137. The lowest BCUT2D eigenvalue weighted by Gasteiger charge is -2.30. The molecule has 2 aliphatic heterocycles. The fourth-order valence-electron chi connectivity index (χ4n) is 4.53. The molecule has 2 heterocycles. The molecule has 1 aromatic carbocycles. The molecule has 10 heteroatoms. The topological polar surface area (TPSA) is 90.4 Å². The van der Waals surface area contributed by atoms with Crippen molar-refractivity contribution in [3.8, 4) is 6.07 Å². The summed E-state index contributed by atoms with van der Waals surface area (Å²) in [5, 5.41) is 9.12. The molecule has 2 N–H and O–H groups in total. The average Bonchev–Trinajstić information content (AvgIpc) is 3.32. The number of rotatable bonds is 5. The molecule has 2 saturated heterocycles. The number of hydrogen-bond donors (Lipinski definition) is 1. The van der Waals surface area contributed by atoms with Crippen LogP contribution in [0.25, 0.3) is 0 Å². The number of benzene rings is 1. The van der Waals surface area contributed by atoms with Crippen LogP contribution in [0.15, 0.2) is 24.3 Å². The summed E-state index contributed by atoms with van der Waals surface area (Å²) in [6, 6.07) is 3.98. The second kappa shape index (κ2) is 9.45. The number of carbonyl (C=O) groups excluding carboxylic acids is 2. The standard InChI is InChI=1S/C22H26F4N4O2/c1-13-2-7-17(8-9-19(28)21(32)29-12-16(23)10-18(29)11-27)30(13)20(31)14-3-5-15(6-4-14)22(24,25)26/h3-6,13,16-19H,2,7-10,12,28H2,1H3/t13?,16-,17?,18-,19-/m0/s1. The monoisotopic (exact) mass is 454 g/mol. The molecule has 0 bridgehead atoms. The van der Waals surface area contributed by atoms with E-state index in [1.165, 1.54) is 17.0 Å². The molecule has 0 saturated carbocycles. The second-order valence-corrected chi connectivity index (χ2v) is 8.52. The van der Waals surface area contributed by atoms with Crippen LogP contribution in [0.4, 0.5) is 17.6 Å². The third-order valence-corrected chi connectivity index (χ3v) is 6.29. The fraction of sp³-hybridized carbons (Fsp3) is 0.591. The van der Waals surface area contributed by atoms with Crippen molar-refractivity contribution in [1.29, 1.82) is 5.26 Å². The molecular weight excluding hydrogens is 428 g/mol. The Labute approximate surface area is 183 Å². The van der Waals surface area contributed by atoms with Crippen molar-refractivity contribution in [3.05, 3.63) is 35.4 Å². The first-order chi connectivity index (χ1) is 15.0. The molecule has 2 amide bonds. The van der Waals surface area contributed by atoms with Crippen molar-refractivity contribution in [3.63, 3.8) is 0 Å². The number of hydrogen-bond acceptors (Lipinski definition) is 4. The van der Waals surface area contributed by atoms with Gasteiger partial charge in [0, 0.05) is 24.1 Å². The van der Waals surface area contributed by atoms with E-state index in [9.17, 15) is 27.2 Å². The molecule has 2 fully saturated rings. The van der Waals surface area contributed by atoms with Crippen LogP contribution in [-0.2, 0) is 11.0 Å². The smallest absolute Gasteiger partial charge is 0.333 e. The molecule has 0 aliphatic carbocycles. The molecule has 174 valence electrons. The van der Waals surface area contributed by atoms with Gasteiger partial charge in [-0.05, 0) is 56.9 Å². The van der Waals surface area contributed by atoms with Crippen LogP contribution in [0, 0.1) is 11.3 Å². The zero-order valence-electron chi connectivity index (χ0n) is 17.7. The molecule has 0 spiro atoms. The van der Waals surface area contributed by atoms with Crippen LogP contribution in [0.5, 0.6) is 0 Å². The number of carbonyl (C=O) groups is 2. The Kier molecular flexibility index (Phi) is 7.08. The summed E-state index contributed by atoms with van der Waals surface area (Å²) in [7, 11) is 0. The maximum Gasteiger partial charge on any atom is 0.416 e. The SMILES string of the molecule is CC1CCC(CC[C@H](N)C(=O)N2C[C@@H](F)C[C@H]2C#N)N1C(=O)c1ccc(C(F)(F)F)cc1. The first kappa shape index (κ1) is 24.0. The van der Waals surface area contributed by atoms with Crippen molar-refractivity contribution < 1.29 is 27.2 Å². The molecule has 0 aromatic heterocycles. The third kappa shape index (κ3) is 5.04. The highest BCUT2D eigenvalue weighted by atomic mass is 19.4. The minimum Gasteiger partial charge on any atom is -0.333 e. The normalized spacial score (nSPS) is 26.8. The van der Waals surface area contributed by atoms with Gasteiger partial charge in [-0.2, -0.15) is 18.4 Å². The quantitative estimate of drug-likeness (QED) is 0.692. The summed E-state index contributed by atoms with van der Waals surface area (Å²) < 4.78 is 52.0. The van der Waals surface area contributed by atoms with Gasteiger partial charge in [0.25, 0.3) is 5.91 Å². The van der Waals surface area contributed by atoms with E-state index < -0.39 is 35.9 Å². The lowest BCUT2D eigenvalue weighted by atomic mass is 10.0. The van der Waals surface area contributed by atoms with Crippen LogP contribution in [0.2, 0.25) is 0 Å². The zero-order chi connectivity index (χ0) is 23.6. The number of likely N-dealkylation sites (tertiary alicyclic amines) is 2. The van der Waals surface area contributed by atoms with Gasteiger partial charge in [0.1, 0.15) is 12.2 Å². The Balaban J connectivity index is 1.63. The molecule has 6 nitrogen and oxygen atoms in total. The predicted molar refractivity (Wildman–Crippen MR) is 108 cm³/mol. The number of nitrogens with zero attached hydrogens (tertiary/aromatic N) is 3. The number of nitriles is 1. The van der Waals surface area contributed by atoms with Gasteiger partial charge in [-0.1, -0.05) is 0 Å². The third-order valence-electron chi connectivity index (χ3n) is 6.29. The van der Waals surface area contributed by atoms with Gasteiger partial charge in [0.05, 0.1) is 24.2 Å². The van der Waals surface area contributed by atoms with E-state index in [4.69, 9.17) is 11.0 Å². The van der Waals surface area contributed by atoms with Gasteiger partial charge >= 0.3 is 6.18 Å². The first-order valence-electron chi connectivity index (χ1n) is 10.6. The Morgan fingerprint density at radius 3 is 2.50 bits per heavy atom. The minimum absolute atomic E-state index is 0.0233. The molecular formula is C22H26F4N4O2. The maximum absolute atomic E-state index is 13.6. The van der Waals surface area contributed by atoms with Gasteiger partial charge in [-0.3, -0.25) is 9.59 Å². The summed E-state index contributed by atoms with van der Waals surface area (Å²) in [5.41, 5.74) is 5.37. The van der Waals surface area contributed by atoms with Crippen molar-refractivity contribution in [2.75, 3.05) is 6.54 Å². The number of halogens is 4. The maximum atomic E-state index is 13.6. The molecule has 3 rings (SSSR count). The van der Waals surface area contributed by atoms with Gasteiger partial charge in [-0.15, -0.1) is 0 Å². The largest absolute Gasteiger partial charge is 0.416 e. The fourth-order valence-corrected chi connectivity index (χ4v) is 4.53. The Hall–Kier alpha value is -2.67. The molecule has 32 heavy (non-hydrogen) atoms. The molecule has 0 radical (unpaired) electrons. The van der Waals surface area contributed by atoms with Gasteiger partial charge < -0.3 is 15.5 Å². The lowest BCUT2D eigenvalue weighted by Crippen LogP contribution is -2.47. The van der Waals surface area contributed by atoms with E-state index in [1.54, 1.807) is 4.90 Å². The predicted octanol–water partition coefficient (Wildman–Crippen LogP) is 3.27. The van der Waals surface area contributed by atoms with Crippen LogP contribution in [-0.4, -0.2) is 58.5 Å². The summed E-state index contributed by atoms with van der Waals surface area (Å²) in [5.74, 6) is -0.846. The molecule has 5 atom stereocenters. The Morgan fingerprint density at radius 1 is 1.25 bits per heavy atom. The highest BCUT2D eigenvalue weighted by Crippen LogP contribution is 2.32. The van der Waals surface area contributed by atoms with Crippen LogP contribution >= 0.6 is 0 Å². The second-order valence-electron chi connectivity index (χ2n) is 8.52. The number of nitrogens with two attached hydrogens (primary N) is 1. The highest BCUT2D eigenvalue weighted by Gasteiger charge is 2.39. The highest BCUT2D eigenvalue weighted by molar-refractivity contribution is 5.95. The van der Waals surface area contributed by atoms with E-state index in [-0.39, 0.29) is 42.9 Å². The van der Waals surface area contributed by atoms with E-state index in [0.717, 1.165) is 18.6 Å². The van der Waals surface area contributed by atoms with Crippen molar-refractivity contribution in [2.24, 2.45) is 5.73 Å². The summed E-state index contributed by atoms with van der Waals surface area (Å²) in [4.78, 5) is 28.4. The molecule has 2 aliphatic rings. The van der Waals surface area contributed by atoms with Gasteiger partial charge in [0.15, 0.2) is 0 Å². The van der Waals surface area contributed by atoms with Crippen LogP contribution in [0.3, 0.4) is 0 Å². The zero-order valence-corrected chi connectivity index (χ0v) is 17.7. The number of alkyl halides is 4. The summed E-state index contributed by atoms with van der Waals surface area (Å²) >= 11 is 0. The van der Waals surface area contributed by atoms with E-state index in [1.807, 2.05) is 13.0 Å². The van der Waals surface area contributed by atoms with E-state index >= 15 is 0 Å². The Bertz CT molecular complexity index is 883. The Morgan fingerprint density at radius 2 is 1.91 bits per heavy atom. The summed E-state index contributed by atoms with van der Waals surface area (Å²) in [6.07, 6.45) is -3.66. The van der Waals surface area contributed by atoms with E-state index in [2.05, 4.69) is 0 Å². The minimum atomic E-state index is -4.48. The number of amides is 2. The van der Waals surface area contributed by atoms with Crippen molar-refractivity contribution >= 4 is 11.8 Å². The van der Waals surface area contributed by atoms with E-state index in [0.29, 0.717) is 12.8 Å². The van der Waals surface area contributed by atoms with Crippen LogP contribution < -0.4 is 5.73 Å².